The number of amidine groups is 1. The van der Waals surface area contributed by atoms with Gasteiger partial charge in [0.1, 0.15) is 0 Å². The van der Waals surface area contributed by atoms with Crippen molar-refractivity contribution in [1.29, 1.82) is 0 Å². The van der Waals surface area contributed by atoms with Crippen LogP contribution in [0.1, 0.15) is 5.56 Å². The fourth-order valence-corrected chi connectivity index (χ4v) is 4.53. The summed E-state index contributed by atoms with van der Waals surface area (Å²) >= 11 is 1.04. The van der Waals surface area contributed by atoms with Crippen molar-refractivity contribution in [1.82, 2.24) is 4.90 Å². The van der Waals surface area contributed by atoms with Crippen LogP contribution in [0.15, 0.2) is 87.5 Å². The lowest BCUT2D eigenvalue weighted by molar-refractivity contribution is -0.121. The van der Waals surface area contributed by atoms with Crippen LogP contribution in [0.5, 0.6) is 0 Å². The molecule has 0 unspecified atom stereocenters. The number of sulfonamides is 1. The molecule has 1 aliphatic heterocycles. The first-order chi connectivity index (χ1) is 12.5. The van der Waals surface area contributed by atoms with Gasteiger partial charge in [-0.1, -0.05) is 54.6 Å². The van der Waals surface area contributed by atoms with Crippen molar-refractivity contribution in [3.63, 3.8) is 0 Å². The smallest absolute Gasteiger partial charge is 0.282 e. The number of carbonyl (C=O) groups excluding carboxylic acids is 1. The molecule has 0 atom stereocenters. The van der Waals surface area contributed by atoms with E-state index < -0.39 is 10.0 Å². The SMILES string of the molecule is C=CCN1C(=O)/C(=C\c2ccccc2)SC1=NS(=O)(=O)c1ccccc1. The first-order valence-electron chi connectivity index (χ1n) is 7.78. The summed E-state index contributed by atoms with van der Waals surface area (Å²) in [6, 6.07) is 17.3. The van der Waals surface area contributed by atoms with E-state index in [4.69, 9.17) is 0 Å². The summed E-state index contributed by atoms with van der Waals surface area (Å²) in [6.45, 7) is 3.81. The zero-order chi connectivity index (χ0) is 18.6. The molecule has 0 N–H and O–H groups in total. The normalized spacial score (nSPS) is 17.8. The van der Waals surface area contributed by atoms with Crippen molar-refractivity contribution in [2.24, 2.45) is 4.40 Å². The van der Waals surface area contributed by atoms with Gasteiger partial charge < -0.3 is 0 Å². The van der Waals surface area contributed by atoms with E-state index in [-0.39, 0.29) is 22.5 Å². The second-order valence-corrected chi connectivity index (χ2v) is 8.00. The molecule has 2 aromatic carbocycles. The standard InChI is InChI=1S/C19H16N2O3S2/c1-2-13-21-18(22)17(14-15-9-5-3-6-10-15)25-19(21)20-26(23,24)16-11-7-4-8-12-16/h2-12,14H,1,13H2/b17-14+,20-19?. The van der Waals surface area contributed by atoms with Crippen LogP contribution in [0.25, 0.3) is 6.08 Å². The van der Waals surface area contributed by atoms with Crippen LogP contribution < -0.4 is 0 Å². The van der Waals surface area contributed by atoms with Crippen molar-refractivity contribution < 1.29 is 13.2 Å². The Bertz CT molecular complexity index is 982. The average Bonchev–Trinajstić information content (AvgIpc) is 2.92. The predicted molar refractivity (Wildman–Crippen MR) is 105 cm³/mol. The molecule has 1 heterocycles. The molecule has 0 bridgehead atoms. The Morgan fingerprint density at radius 1 is 1.04 bits per heavy atom. The highest BCUT2D eigenvalue weighted by Gasteiger charge is 2.34. The second kappa shape index (κ2) is 7.72. The van der Waals surface area contributed by atoms with Gasteiger partial charge in [-0.15, -0.1) is 11.0 Å². The van der Waals surface area contributed by atoms with E-state index >= 15 is 0 Å². The fraction of sp³-hybridized carbons (Fsp3) is 0.0526. The van der Waals surface area contributed by atoms with Crippen molar-refractivity contribution in [2.75, 3.05) is 6.54 Å². The van der Waals surface area contributed by atoms with E-state index in [0.717, 1.165) is 17.3 Å². The van der Waals surface area contributed by atoms with Gasteiger partial charge in [-0.2, -0.15) is 8.42 Å². The zero-order valence-corrected chi connectivity index (χ0v) is 15.4. The molecule has 1 aliphatic rings. The van der Waals surface area contributed by atoms with E-state index in [1.807, 2.05) is 30.3 Å². The highest BCUT2D eigenvalue weighted by Crippen LogP contribution is 2.33. The summed E-state index contributed by atoms with van der Waals surface area (Å²) in [5.74, 6) is -0.291. The van der Waals surface area contributed by atoms with E-state index in [1.165, 1.54) is 23.1 Å². The van der Waals surface area contributed by atoms with Crippen molar-refractivity contribution >= 4 is 38.9 Å². The molecule has 132 valence electrons. The minimum absolute atomic E-state index is 0.0830. The summed E-state index contributed by atoms with van der Waals surface area (Å²) in [6.07, 6.45) is 3.26. The van der Waals surface area contributed by atoms with Crippen molar-refractivity contribution in [3.8, 4) is 0 Å². The van der Waals surface area contributed by atoms with Gasteiger partial charge in [0.15, 0.2) is 5.17 Å². The van der Waals surface area contributed by atoms with Crippen LogP contribution in [0.4, 0.5) is 0 Å². The first kappa shape index (κ1) is 18.2. The third-order valence-corrected chi connectivity index (χ3v) is 5.94. The third kappa shape index (κ3) is 3.95. The number of hydrogen-bond donors (Lipinski definition) is 0. The Morgan fingerprint density at radius 3 is 2.27 bits per heavy atom. The number of carbonyl (C=O) groups is 1. The van der Waals surface area contributed by atoms with E-state index in [0.29, 0.717) is 4.91 Å². The highest BCUT2D eigenvalue weighted by molar-refractivity contribution is 8.19. The van der Waals surface area contributed by atoms with Crippen LogP contribution in [-0.4, -0.2) is 30.9 Å². The Labute approximate surface area is 156 Å². The molecule has 0 spiro atoms. The molecular weight excluding hydrogens is 368 g/mol. The van der Waals surface area contributed by atoms with E-state index in [9.17, 15) is 13.2 Å². The molecule has 0 aliphatic carbocycles. The largest absolute Gasteiger partial charge is 0.284 e. The zero-order valence-electron chi connectivity index (χ0n) is 13.8. The van der Waals surface area contributed by atoms with Gasteiger partial charge in [-0.25, -0.2) is 0 Å². The number of hydrogen-bond acceptors (Lipinski definition) is 4. The molecular formula is C19H16N2O3S2. The minimum Gasteiger partial charge on any atom is -0.282 e. The van der Waals surface area contributed by atoms with Gasteiger partial charge in [-0.3, -0.25) is 9.69 Å². The Kier molecular flexibility index (Phi) is 5.39. The van der Waals surface area contributed by atoms with Gasteiger partial charge in [0.05, 0.1) is 9.80 Å². The number of nitrogens with zero attached hydrogens (tertiary/aromatic N) is 2. The molecule has 26 heavy (non-hydrogen) atoms. The lowest BCUT2D eigenvalue weighted by Crippen LogP contribution is -2.29. The lowest BCUT2D eigenvalue weighted by Gasteiger charge is -2.12. The fourth-order valence-electron chi connectivity index (χ4n) is 2.31. The van der Waals surface area contributed by atoms with Crippen LogP contribution in [0.2, 0.25) is 0 Å². The Morgan fingerprint density at radius 2 is 1.65 bits per heavy atom. The molecule has 0 radical (unpaired) electrons. The molecule has 7 heteroatoms. The van der Waals surface area contributed by atoms with Crippen LogP contribution >= 0.6 is 11.8 Å². The molecule has 1 saturated heterocycles. The Balaban J connectivity index is 1.99. The monoisotopic (exact) mass is 384 g/mol. The molecule has 1 fully saturated rings. The molecule has 0 aromatic heterocycles. The van der Waals surface area contributed by atoms with Gasteiger partial charge in [0.2, 0.25) is 0 Å². The van der Waals surface area contributed by atoms with Gasteiger partial charge in [0.25, 0.3) is 15.9 Å². The maximum Gasteiger partial charge on any atom is 0.284 e. The summed E-state index contributed by atoms with van der Waals surface area (Å²) in [5, 5.41) is 0.126. The molecule has 1 amide bonds. The predicted octanol–water partition coefficient (Wildman–Crippen LogP) is 3.53. The van der Waals surface area contributed by atoms with Gasteiger partial charge in [0, 0.05) is 6.54 Å². The first-order valence-corrected chi connectivity index (χ1v) is 10.0. The van der Waals surface area contributed by atoms with Crippen LogP contribution in [-0.2, 0) is 14.8 Å². The summed E-state index contributed by atoms with van der Waals surface area (Å²) in [4.78, 5) is 14.5. The summed E-state index contributed by atoms with van der Waals surface area (Å²) in [7, 11) is -3.90. The van der Waals surface area contributed by atoms with Crippen LogP contribution in [0.3, 0.4) is 0 Å². The van der Waals surface area contributed by atoms with E-state index in [2.05, 4.69) is 11.0 Å². The number of benzene rings is 2. The molecule has 3 rings (SSSR count). The van der Waals surface area contributed by atoms with Gasteiger partial charge in [-0.05, 0) is 35.5 Å². The highest BCUT2D eigenvalue weighted by atomic mass is 32.2. The van der Waals surface area contributed by atoms with Crippen LogP contribution in [0, 0.1) is 0 Å². The van der Waals surface area contributed by atoms with Crippen molar-refractivity contribution in [2.45, 2.75) is 4.90 Å². The quantitative estimate of drug-likeness (QED) is 0.584. The van der Waals surface area contributed by atoms with Crippen molar-refractivity contribution in [3.05, 3.63) is 83.8 Å². The number of amides is 1. The van der Waals surface area contributed by atoms with Gasteiger partial charge >= 0.3 is 0 Å². The third-order valence-electron chi connectivity index (χ3n) is 3.54. The molecule has 2 aromatic rings. The maximum atomic E-state index is 12.6. The number of thioether (sulfide) groups is 1. The second-order valence-electron chi connectivity index (χ2n) is 5.39. The molecule has 0 saturated carbocycles. The molecule has 5 nitrogen and oxygen atoms in total. The topological polar surface area (TPSA) is 66.8 Å². The summed E-state index contributed by atoms with van der Waals surface area (Å²) < 4.78 is 28.9. The lowest BCUT2D eigenvalue weighted by atomic mass is 10.2. The minimum atomic E-state index is -3.90. The summed E-state index contributed by atoms with van der Waals surface area (Å²) in [5.41, 5.74) is 0.856. The average molecular weight is 384 g/mol. The Hall–Kier alpha value is -2.64. The number of rotatable bonds is 5. The van der Waals surface area contributed by atoms with E-state index in [1.54, 1.807) is 24.3 Å². The maximum absolute atomic E-state index is 12.6.